The van der Waals surface area contributed by atoms with Crippen LogP contribution in [0.2, 0.25) is 0 Å². The summed E-state index contributed by atoms with van der Waals surface area (Å²) in [5, 5.41) is 17.3. The van der Waals surface area contributed by atoms with Gasteiger partial charge in [0.15, 0.2) is 0 Å². The van der Waals surface area contributed by atoms with Crippen LogP contribution in [0.15, 0.2) is 16.8 Å². The number of rotatable bonds is 4. The van der Waals surface area contributed by atoms with Crippen LogP contribution < -0.4 is 5.32 Å². The normalized spacial score (nSPS) is 28.4. The van der Waals surface area contributed by atoms with Gasteiger partial charge >= 0.3 is 0 Å². The quantitative estimate of drug-likeness (QED) is 0.894. The summed E-state index contributed by atoms with van der Waals surface area (Å²) < 4.78 is 0. The predicted molar refractivity (Wildman–Crippen MR) is 86.5 cm³/mol. The van der Waals surface area contributed by atoms with Crippen molar-refractivity contribution in [3.05, 3.63) is 22.4 Å². The summed E-state index contributed by atoms with van der Waals surface area (Å²) in [6.45, 7) is 6.02. The minimum atomic E-state index is 0. The Bertz CT molecular complexity index is 379. The lowest BCUT2D eigenvalue weighted by molar-refractivity contribution is 0.108. The van der Waals surface area contributed by atoms with Crippen LogP contribution in [0.4, 0.5) is 0 Å². The van der Waals surface area contributed by atoms with Crippen LogP contribution in [0.5, 0.6) is 0 Å². The first-order valence-corrected chi connectivity index (χ1v) is 8.36. The average molecular weight is 317 g/mol. The first kappa shape index (κ1) is 16.2. The van der Waals surface area contributed by atoms with Crippen molar-refractivity contribution in [2.45, 2.75) is 19.4 Å². The van der Waals surface area contributed by atoms with E-state index in [9.17, 15) is 5.11 Å². The highest BCUT2D eigenvalue weighted by molar-refractivity contribution is 7.07. The van der Waals surface area contributed by atoms with Gasteiger partial charge in [-0.2, -0.15) is 11.3 Å². The maximum Gasteiger partial charge on any atom is 0.0474 e. The van der Waals surface area contributed by atoms with Crippen LogP contribution >= 0.6 is 23.7 Å². The molecule has 3 rings (SSSR count). The molecule has 1 aromatic heterocycles. The van der Waals surface area contributed by atoms with Crippen molar-refractivity contribution in [3.8, 4) is 0 Å². The molecule has 3 heterocycles. The molecule has 114 valence electrons. The van der Waals surface area contributed by atoms with Crippen molar-refractivity contribution in [3.63, 3.8) is 0 Å². The standard InChI is InChI=1S/C15H24N2OS.ClH/c18-10-14-7-16-8-15(14)13-1-4-17(5-2-13)9-12-3-6-19-11-12;/h3,6,11,13-16,18H,1-2,4-5,7-10H2;1H/t14-,15-;/m0./s1. The average Bonchev–Trinajstić information content (AvgIpc) is 3.10. The maximum absolute atomic E-state index is 9.44. The van der Waals surface area contributed by atoms with Crippen LogP contribution in [-0.4, -0.2) is 42.8 Å². The van der Waals surface area contributed by atoms with Crippen LogP contribution in [0.3, 0.4) is 0 Å². The Kier molecular flexibility index (Phi) is 6.30. The number of piperidine rings is 1. The molecular weight excluding hydrogens is 292 g/mol. The molecule has 2 saturated heterocycles. The summed E-state index contributed by atoms with van der Waals surface area (Å²) in [5.41, 5.74) is 1.46. The molecule has 0 aromatic carbocycles. The lowest BCUT2D eigenvalue weighted by Gasteiger charge is -2.36. The van der Waals surface area contributed by atoms with Gasteiger partial charge < -0.3 is 10.4 Å². The van der Waals surface area contributed by atoms with E-state index in [0.29, 0.717) is 18.4 Å². The number of nitrogens with one attached hydrogen (secondary N) is 1. The van der Waals surface area contributed by atoms with E-state index in [2.05, 4.69) is 27.0 Å². The summed E-state index contributed by atoms with van der Waals surface area (Å²) in [6, 6.07) is 2.24. The molecule has 1 aromatic rings. The lowest BCUT2D eigenvalue weighted by Crippen LogP contribution is -2.37. The van der Waals surface area contributed by atoms with Gasteiger partial charge in [0.1, 0.15) is 0 Å². The molecule has 0 bridgehead atoms. The van der Waals surface area contributed by atoms with Gasteiger partial charge in [0.2, 0.25) is 0 Å². The van der Waals surface area contributed by atoms with Crippen molar-refractivity contribution in [1.82, 2.24) is 10.2 Å². The Morgan fingerprint density at radius 2 is 2.10 bits per heavy atom. The third kappa shape index (κ3) is 3.74. The highest BCUT2D eigenvalue weighted by Crippen LogP contribution is 2.32. The molecule has 2 fully saturated rings. The van der Waals surface area contributed by atoms with Crippen LogP contribution in [-0.2, 0) is 6.54 Å². The molecule has 0 radical (unpaired) electrons. The Morgan fingerprint density at radius 1 is 1.30 bits per heavy atom. The van der Waals surface area contributed by atoms with E-state index < -0.39 is 0 Å². The van der Waals surface area contributed by atoms with Crippen LogP contribution in [0.25, 0.3) is 0 Å². The molecule has 0 unspecified atom stereocenters. The maximum atomic E-state index is 9.44. The van der Waals surface area contributed by atoms with Gasteiger partial charge in [0, 0.05) is 19.7 Å². The summed E-state index contributed by atoms with van der Waals surface area (Å²) in [4.78, 5) is 2.58. The number of aliphatic hydroxyl groups is 1. The Hall–Kier alpha value is -0.130. The highest BCUT2D eigenvalue weighted by atomic mass is 35.5. The van der Waals surface area contributed by atoms with E-state index in [0.717, 1.165) is 25.6 Å². The fourth-order valence-electron chi connectivity index (χ4n) is 3.68. The summed E-state index contributed by atoms with van der Waals surface area (Å²) in [5.74, 6) is 2.01. The van der Waals surface area contributed by atoms with Gasteiger partial charge in [-0.3, -0.25) is 4.90 Å². The number of likely N-dealkylation sites (tertiary alicyclic amines) is 1. The number of thiophene rings is 1. The summed E-state index contributed by atoms with van der Waals surface area (Å²) in [7, 11) is 0. The zero-order valence-corrected chi connectivity index (χ0v) is 13.5. The molecule has 0 amide bonds. The summed E-state index contributed by atoms with van der Waals surface area (Å²) in [6.07, 6.45) is 2.60. The van der Waals surface area contributed by atoms with E-state index in [1.54, 1.807) is 11.3 Å². The largest absolute Gasteiger partial charge is 0.396 e. The van der Waals surface area contributed by atoms with Crippen molar-refractivity contribution < 1.29 is 5.11 Å². The molecule has 2 atom stereocenters. The highest BCUT2D eigenvalue weighted by Gasteiger charge is 2.34. The van der Waals surface area contributed by atoms with Crippen molar-refractivity contribution in [2.75, 3.05) is 32.8 Å². The summed E-state index contributed by atoms with van der Waals surface area (Å²) >= 11 is 1.79. The van der Waals surface area contributed by atoms with Crippen molar-refractivity contribution in [2.24, 2.45) is 17.8 Å². The third-order valence-corrected chi connectivity index (χ3v) is 5.58. The molecule has 0 aliphatic carbocycles. The zero-order valence-electron chi connectivity index (χ0n) is 11.8. The van der Waals surface area contributed by atoms with E-state index in [-0.39, 0.29) is 12.4 Å². The van der Waals surface area contributed by atoms with Gasteiger partial charge in [-0.05, 0) is 72.6 Å². The lowest BCUT2D eigenvalue weighted by atomic mass is 9.79. The SMILES string of the molecule is Cl.OC[C@@H]1CNC[C@H]1C1CCN(Cc2ccsc2)CC1. The molecule has 5 heteroatoms. The second-order valence-corrected chi connectivity index (χ2v) is 6.79. The second-order valence-electron chi connectivity index (χ2n) is 6.01. The van der Waals surface area contributed by atoms with E-state index in [1.165, 1.54) is 31.5 Å². The number of aliphatic hydroxyl groups excluding tert-OH is 1. The number of nitrogens with zero attached hydrogens (tertiary/aromatic N) is 1. The first-order chi connectivity index (χ1) is 9.36. The van der Waals surface area contributed by atoms with Gasteiger partial charge in [-0.25, -0.2) is 0 Å². The molecule has 0 spiro atoms. The fourth-order valence-corrected chi connectivity index (χ4v) is 4.34. The van der Waals surface area contributed by atoms with E-state index in [1.807, 2.05) is 0 Å². The molecule has 2 aliphatic heterocycles. The van der Waals surface area contributed by atoms with Crippen LogP contribution in [0, 0.1) is 17.8 Å². The molecule has 3 nitrogen and oxygen atoms in total. The Balaban J connectivity index is 0.00000147. The van der Waals surface area contributed by atoms with Crippen LogP contribution in [0.1, 0.15) is 18.4 Å². The fraction of sp³-hybridized carbons (Fsp3) is 0.733. The minimum absolute atomic E-state index is 0. The van der Waals surface area contributed by atoms with Crippen molar-refractivity contribution >= 4 is 23.7 Å². The second kappa shape index (κ2) is 7.76. The molecule has 2 aliphatic rings. The van der Waals surface area contributed by atoms with Gasteiger partial charge in [0.25, 0.3) is 0 Å². The van der Waals surface area contributed by atoms with Gasteiger partial charge in [-0.1, -0.05) is 0 Å². The van der Waals surface area contributed by atoms with Gasteiger partial charge in [0.05, 0.1) is 0 Å². The van der Waals surface area contributed by atoms with E-state index >= 15 is 0 Å². The number of halogens is 1. The topological polar surface area (TPSA) is 35.5 Å². The first-order valence-electron chi connectivity index (χ1n) is 7.42. The van der Waals surface area contributed by atoms with Crippen molar-refractivity contribution in [1.29, 1.82) is 0 Å². The van der Waals surface area contributed by atoms with E-state index in [4.69, 9.17) is 0 Å². The predicted octanol–water partition coefficient (Wildman–Crippen LogP) is 2.21. The monoisotopic (exact) mass is 316 g/mol. The molecule has 2 N–H and O–H groups in total. The molecule has 20 heavy (non-hydrogen) atoms. The molecular formula is C15H25ClN2OS. The number of hydrogen-bond donors (Lipinski definition) is 2. The zero-order chi connectivity index (χ0) is 13.1. The Morgan fingerprint density at radius 3 is 2.75 bits per heavy atom. The smallest absolute Gasteiger partial charge is 0.0474 e. The Labute approximate surface area is 131 Å². The number of hydrogen-bond acceptors (Lipinski definition) is 4. The van der Waals surface area contributed by atoms with Gasteiger partial charge in [-0.15, -0.1) is 12.4 Å². The third-order valence-electron chi connectivity index (χ3n) is 4.85. The minimum Gasteiger partial charge on any atom is -0.396 e. The molecule has 0 saturated carbocycles.